The van der Waals surface area contributed by atoms with Gasteiger partial charge in [-0.1, -0.05) is 0 Å². The third-order valence-electron chi connectivity index (χ3n) is 2.41. The fraction of sp³-hybridized carbons (Fsp3) is 0.889. The third-order valence-corrected chi connectivity index (χ3v) is 2.41. The molecule has 1 rings (SSSR count). The highest BCUT2D eigenvalue weighted by molar-refractivity contribution is 5.77. The Morgan fingerprint density at radius 1 is 1.46 bits per heavy atom. The summed E-state index contributed by atoms with van der Waals surface area (Å²) in [6.45, 7) is 2.15. The molecule has 1 aliphatic heterocycles. The van der Waals surface area contributed by atoms with Gasteiger partial charge in [-0.25, -0.2) is 0 Å². The van der Waals surface area contributed by atoms with Crippen molar-refractivity contribution in [1.29, 1.82) is 0 Å². The number of hydrogen-bond acceptors (Lipinski definition) is 3. The molecule has 0 aromatic carbocycles. The van der Waals surface area contributed by atoms with E-state index in [2.05, 4.69) is 4.90 Å². The van der Waals surface area contributed by atoms with Crippen molar-refractivity contribution in [3.63, 3.8) is 0 Å². The summed E-state index contributed by atoms with van der Waals surface area (Å²) in [6, 6.07) is 0. The predicted molar refractivity (Wildman–Crippen MR) is 50.4 cm³/mol. The summed E-state index contributed by atoms with van der Waals surface area (Å²) < 4.78 is 0. The van der Waals surface area contributed by atoms with Gasteiger partial charge in [0.05, 0.1) is 12.6 Å². The molecule has 0 aromatic heterocycles. The number of carbonyl (C=O) groups excluding carboxylic acids is 1. The van der Waals surface area contributed by atoms with Crippen LogP contribution in [0.1, 0.15) is 12.8 Å². The fourth-order valence-electron chi connectivity index (χ4n) is 1.41. The molecule has 0 radical (unpaired) electrons. The molecule has 1 heterocycles. The van der Waals surface area contributed by atoms with Gasteiger partial charge in [-0.3, -0.25) is 9.69 Å². The van der Waals surface area contributed by atoms with Crippen molar-refractivity contribution < 1.29 is 9.90 Å². The molecule has 0 unspecified atom stereocenters. The Morgan fingerprint density at radius 3 is 2.46 bits per heavy atom. The van der Waals surface area contributed by atoms with Crippen LogP contribution >= 0.6 is 0 Å². The van der Waals surface area contributed by atoms with Gasteiger partial charge in [-0.2, -0.15) is 0 Å². The molecule has 0 aliphatic carbocycles. The van der Waals surface area contributed by atoms with Crippen molar-refractivity contribution in [3.8, 4) is 0 Å². The van der Waals surface area contributed by atoms with Gasteiger partial charge in [-0.15, -0.1) is 0 Å². The first-order chi connectivity index (χ1) is 6.09. The molecule has 4 heteroatoms. The van der Waals surface area contributed by atoms with Crippen LogP contribution in [-0.2, 0) is 4.79 Å². The minimum absolute atomic E-state index is 0.136. The Bertz CT molecular complexity index is 174. The van der Waals surface area contributed by atoms with E-state index >= 15 is 0 Å². The number of nitrogens with zero attached hydrogens (tertiary/aromatic N) is 2. The molecule has 1 aliphatic rings. The molecule has 1 fully saturated rings. The normalized spacial score (nSPS) is 20.2. The van der Waals surface area contributed by atoms with Gasteiger partial charge in [0.25, 0.3) is 0 Å². The summed E-state index contributed by atoms with van der Waals surface area (Å²) in [6.07, 6.45) is 1.42. The Hall–Kier alpha value is -0.610. The number of likely N-dealkylation sites (N-methyl/N-ethyl adjacent to an activating group) is 1. The zero-order valence-corrected chi connectivity index (χ0v) is 8.36. The van der Waals surface area contributed by atoms with Crippen LogP contribution in [-0.4, -0.2) is 60.6 Å². The molecule has 1 N–H and O–H groups in total. The van der Waals surface area contributed by atoms with E-state index < -0.39 is 0 Å². The number of amides is 1. The zero-order valence-electron chi connectivity index (χ0n) is 8.36. The van der Waals surface area contributed by atoms with Gasteiger partial charge in [0, 0.05) is 27.2 Å². The maximum absolute atomic E-state index is 11.3. The molecule has 1 amide bonds. The third kappa shape index (κ3) is 3.32. The maximum Gasteiger partial charge on any atom is 0.236 e. The number of aliphatic hydroxyl groups is 1. The molecule has 0 aromatic rings. The highest BCUT2D eigenvalue weighted by Crippen LogP contribution is 2.09. The quantitative estimate of drug-likeness (QED) is 0.634. The largest absolute Gasteiger partial charge is 0.393 e. The van der Waals surface area contributed by atoms with Gasteiger partial charge in [0.15, 0.2) is 0 Å². The molecule has 0 spiro atoms. The van der Waals surface area contributed by atoms with Crippen LogP contribution in [0.25, 0.3) is 0 Å². The number of rotatable bonds is 2. The molecule has 76 valence electrons. The lowest BCUT2D eigenvalue weighted by Gasteiger charge is -2.29. The first-order valence-corrected chi connectivity index (χ1v) is 4.70. The molecule has 13 heavy (non-hydrogen) atoms. The average Bonchev–Trinajstić information content (AvgIpc) is 2.08. The zero-order chi connectivity index (χ0) is 9.84. The van der Waals surface area contributed by atoms with Crippen LogP contribution < -0.4 is 0 Å². The standard InChI is InChI=1S/C9H18N2O2/c1-10(2)9(13)7-11-5-3-8(12)4-6-11/h8,12H,3-7H2,1-2H3. The summed E-state index contributed by atoms with van der Waals surface area (Å²) in [5.74, 6) is 0.136. The SMILES string of the molecule is CN(C)C(=O)CN1CCC(O)CC1. The average molecular weight is 186 g/mol. The van der Waals surface area contributed by atoms with Crippen LogP contribution in [0.4, 0.5) is 0 Å². The molecular formula is C9H18N2O2. The Labute approximate surface area is 79.1 Å². The van der Waals surface area contributed by atoms with Crippen LogP contribution in [0.3, 0.4) is 0 Å². The first-order valence-electron chi connectivity index (χ1n) is 4.70. The summed E-state index contributed by atoms with van der Waals surface area (Å²) in [5.41, 5.74) is 0. The lowest BCUT2D eigenvalue weighted by molar-refractivity contribution is -0.130. The minimum atomic E-state index is -0.161. The summed E-state index contributed by atoms with van der Waals surface area (Å²) >= 11 is 0. The monoisotopic (exact) mass is 186 g/mol. The second-order valence-electron chi connectivity index (χ2n) is 3.80. The van der Waals surface area contributed by atoms with Crippen molar-refractivity contribution in [3.05, 3.63) is 0 Å². The minimum Gasteiger partial charge on any atom is -0.393 e. The van der Waals surface area contributed by atoms with Crippen LogP contribution in [0.15, 0.2) is 0 Å². The van der Waals surface area contributed by atoms with Crippen LogP contribution in [0.2, 0.25) is 0 Å². The van der Waals surface area contributed by atoms with E-state index in [4.69, 9.17) is 0 Å². The highest BCUT2D eigenvalue weighted by atomic mass is 16.3. The summed E-state index contributed by atoms with van der Waals surface area (Å²) in [7, 11) is 3.53. The summed E-state index contributed by atoms with van der Waals surface area (Å²) in [5, 5.41) is 9.25. The number of likely N-dealkylation sites (tertiary alicyclic amines) is 1. The van der Waals surface area contributed by atoms with Gasteiger partial charge < -0.3 is 10.0 Å². The van der Waals surface area contributed by atoms with E-state index in [9.17, 15) is 9.90 Å². The molecule has 1 saturated heterocycles. The number of carbonyl (C=O) groups is 1. The maximum atomic E-state index is 11.3. The van der Waals surface area contributed by atoms with Gasteiger partial charge in [-0.05, 0) is 12.8 Å². The Morgan fingerprint density at radius 2 is 2.00 bits per heavy atom. The topological polar surface area (TPSA) is 43.8 Å². The van der Waals surface area contributed by atoms with E-state index in [1.807, 2.05) is 0 Å². The lowest BCUT2D eigenvalue weighted by Crippen LogP contribution is -2.42. The van der Waals surface area contributed by atoms with E-state index in [0.29, 0.717) is 6.54 Å². The smallest absolute Gasteiger partial charge is 0.236 e. The number of piperidine rings is 1. The molecule has 4 nitrogen and oxygen atoms in total. The first kappa shape index (κ1) is 10.5. The summed E-state index contributed by atoms with van der Waals surface area (Å²) in [4.78, 5) is 15.0. The van der Waals surface area contributed by atoms with E-state index in [1.54, 1.807) is 19.0 Å². The number of hydrogen-bond donors (Lipinski definition) is 1. The fourth-order valence-corrected chi connectivity index (χ4v) is 1.41. The lowest BCUT2D eigenvalue weighted by atomic mass is 10.1. The van der Waals surface area contributed by atoms with Gasteiger partial charge in [0.2, 0.25) is 5.91 Å². The van der Waals surface area contributed by atoms with Crippen LogP contribution in [0, 0.1) is 0 Å². The number of aliphatic hydroxyl groups excluding tert-OH is 1. The van der Waals surface area contributed by atoms with Gasteiger partial charge >= 0.3 is 0 Å². The molecule has 0 atom stereocenters. The van der Waals surface area contributed by atoms with Gasteiger partial charge in [0.1, 0.15) is 0 Å². The van der Waals surface area contributed by atoms with E-state index in [1.165, 1.54) is 0 Å². The van der Waals surface area contributed by atoms with Crippen molar-refractivity contribution in [2.45, 2.75) is 18.9 Å². The van der Waals surface area contributed by atoms with Crippen molar-refractivity contribution in [2.24, 2.45) is 0 Å². The second-order valence-corrected chi connectivity index (χ2v) is 3.80. The van der Waals surface area contributed by atoms with Crippen LogP contribution in [0.5, 0.6) is 0 Å². The Balaban J connectivity index is 2.26. The van der Waals surface area contributed by atoms with E-state index in [0.717, 1.165) is 25.9 Å². The second kappa shape index (κ2) is 4.58. The van der Waals surface area contributed by atoms with Crippen molar-refractivity contribution in [1.82, 2.24) is 9.80 Å². The molecule has 0 saturated carbocycles. The molecular weight excluding hydrogens is 168 g/mol. The predicted octanol–water partition coefficient (Wildman–Crippen LogP) is -0.469. The molecule has 0 bridgehead atoms. The van der Waals surface area contributed by atoms with Crippen molar-refractivity contribution >= 4 is 5.91 Å². The van der Waals surface area contributed by atoms with E-state index in [-0.39, 0.29) is 12.0 Å². The highest BCUT2D eigenvalue weighted by Gasteiger charge is 2.19. The Kier molecular flexibility index (Phi) is 3.69. The van der Waals surface area contributed by atoms with Crippen molar-refractivity contribution in [2.75, 3.05) is 33.7 Å².